The lowest BCUT2D eigenvalue weighted by Crippen LogP contribution is -2.32. The number of rotatable bonds is 10. The van der Waals surface area contributed by atoms with Crippen LogP contribution in [0.15, 0.2) is 23.2 Å². The number of benzene rings is 1. The number of aliphatic imine (C=N–C) groups is 1. The van der Waals surface area contributed by atoms with Crippen molar-refractivity contribution in [2.24, 2.45) is 22.4 Å². The number of nitrogens with zero attached hydrogens (tertiary/aromatic N) is 2. The molecule has 0 unspecified atom stereocenters. The Morgan fingerprint density at radius 2 is 1.74 bits per heavy atom. The van der Waals surface area contributed by atoms with Crippen molar-refractivity contribution in [2.45, 2.75) is 39.0 Å². The van der Waals surface area contributed by atoms with Crippen LogP contribution in [0, 0.1) is 12.8 Å². The van der Waals surface area contributed by atoms with E-state index in [2.05, 4.69) is 4.99 Å². The van der Waals surface area contributed by atoms with Crippen LogP contribution in [0.3, 0.4) is 0 Å². The van der Waals surface area contributed by atoms with E-state index in [1.54, 1.807) is 6.92 Å². The average molecular weight is 432 g/mol. The first kappa shape index (κ1) is 23.5. The van der Waals surface area contributed by atoms with E-state index in [0.717, 1.165) is 0 Å². The highest BCUT2D eigenvalue weighted by Gasteiger charge is 2.33. The summed E-state index contributed by atoms with van der Waals surface area (Å²) in [4.78, 5) is 68.4. The van der Waals surface area contributed by atoms with Gasteiger partial charge in [0.1, 0.15) is 0 Å². The fourth-order valence-corrected chi connectivity index (χ4v) is 3.06. The highest BCUT2D eigenvalue weighted by atomic mass is 16.7. The van der Waals surface area contributed by atoms with Gasteiger partial charge in [-0.1, -0.05) is 0 Å². The van der Waals surface area contributed by atoms with E-state index in [9.17, 15) is 29.1 Å². The Hall–Kier alpha value is -3.76. The molecule has 31 heavy (non-hydrogen) atoms. The van der Waals surface area contributed by atoms with Crippen molar-refractivity contribution in [1.29, 1.82) is 0 Å². The fraction of sp³-hybridized carbons (Fsp3) is 0.400. The standard InChI is InChI=1S/C20H24N4O7/c1-11-7-13(15(25)10-12(18(28)29)3-2-6-23-20(21)22)9-14(8-11)19(30)31-24-16(26)4-5-17(24)27/h7-9,12H,2-6,10H2,1H3,(H,28,29)(H4,21,22,23)/t12-/m1/s1. The molecule has 1 aliphatic heterocycles. The minimum Gasteiger partial charge on any atom is -0.481 e. The summed E-state index contributed by atoms with van der Waals surface area (Å²) in [5, 5.41) is 9.82. The van der Waals surface area contributed by atoms with Gasteiger partial charge in [-0.15, -0.1) is 5.06 Å². The van der Waals surface area contributed by atoms with E-state index in [0.29, 0.717) is 17.0 Å². The van der Waals surface area contributed by atoms with Gasteiger partial charge in [-0.3, -0.25) is 24.2 Å². The van der Waals surface area contributed by atoms with Gasteiger partial charge in [-0.05, 0) is 43.5 Å². The number of aliphatic carboxylic acids is 1. The number of Topliss-reactive ketones (excluding diaryl/α,β-unsaturated/α-hetero) is 1. The average Bonchev–Trinajstić information content (AvgIpc) is 3.01. The number of ketones is 1. The van der Waals surface area contributed by atoms with Crippen LogP contribution in [0.5, 0.6) is 0 Å². The molecule has 2 rings (SSSR count). The zero-order chi connectivity index (χ0) is 23.1. The van der Waals surface area contributed by atoms with E-state index in [1.807, 2.05) is 0 Å². The lowest BCUT2D eigenvalue weighted by Gasteiger charge is -2.14. The van der Waals surface area contributed by atoms with Crippen LogP contribution >= 0.6 is 0 Å². The third-order valence-corrected chi connectivity index (χ3v) is 4.60. The second-order valence-corrected chi connectivity index (χ2v) is 7.16. The summed E-state index contributed by atoms with van der Waals surface area (Å²) in [5.74, 6) is -4.85. The molecule has 0 radical (unpaired) electrons. The van der Waals surface area contributed by atoms with Gasteiger partial charge >= 0.3 is 11.9 Å². The summed E-state index contributed by atoms with van der Waals surface area (Å²) < 4.78 is 0. The molecule has 166 valence electrons. The molecule has 11 heteroatoms. The Morgan fingerprint density at radius 1 is 1.13 bits per heavy atom. The molecule has 0 spiro atoms. The lowest BCUT2D eigenvalue weighted by molar-refractivity contribution is -0.172. The van der Waals surface area contributed by atoms with Crippen molar-refractivity contribution >= 4 is 35.5 Å². The number of nitrogens with two attached hydrogens (primary N) is 2. The van der Waals surface area contributed by atoms with Crippen molar-refractivity contribution < 1.29 is 33.9 Å². The zero-order valence-corrected chi connectivity index (χ0v) is 17.0. The second kappa shape index (κ2) is 10.3. The molecular formula is C20H24N4O7. The normalized spacial score (nSPS) is 14.3. The molecule has 0 aliphatic carbocycles. The van der Waals surface area contributed by atoms with E-state index < -0.39 is 35.5 Å². The maximum absolute atomic E-state index is 12.7. The number of guanidine groups is 1. The lowest BCUT2D eigenvalue weighted by atomic mass is 9.93. The van der Waals surface area contributed by atoms with Gasteiger partial charge in [-0.2, -0.15) is 0 Å². The predicted octanol–water partition coefficient (Wildman–Crippen LogP) is 0.543. The van der Waals surface area contributed by atoms with Gasteiger partial charge in [0.05, 0.1) is 11.5 Å². The number of imide groups is 1. The number of amides is 2. The molecule has 0 aromatic heterocycles. The summed E-state index contributed by atoms with van der Waals surface area (Å²) >= 11 is 0. The number of carbonyl (C=O) groups is 5. The Labute approximate surface area is 178 Å². The molecule has 1 aliphatic rings. The van der Waals surface area contributed by atoms with Crippen LogP contribution in [0.25, 0.3) is 0 Å². The number of carboxylic acids is 1. The van der Waals surface area contributed by atoms with E-state index in [1.165, 1.54) is 18.2 Å². The van der Waals surface area contributed by atoms with E-state index >= 15 is 0 Å². The van der Waals surface area contributed by atoms with Crippen LogP contribution in [-0.2, 0) is 19.2 Å². The Morgan fingerprint density at radius 3 is 2.32 bits per heavy atom. The fourth-order valence-electron chi connectivity index (χ4n) is 3.06. The molecule has 0 bridgehead atoms. The second-order valence-electron chi connectivity index (χ2n) is 7.16. The Bertz CT molecular complexity index is 921. The number of carbonyl (C=O) groups excluding carboxylic acids is 4. The molecule has 1 aromatic rings. The van der Waals surface area contributed by atoms with Gasteiger partial charge in [0, 0.05) is 31.4 Å². The summed E-state index contributed by atoms with van der Waals surface area (Å²) in [5.41, 5.74) is 11.1. The molecular weight excluding hydrogens is 408 g/mol. The number of hydrogen-bond acceptors (Lipinski definition) is 7. The summed E-state index contributed by atoms with van der Waals surface area (Å²) in [6.07, 6.45) is 0.216. The highest BCUT2D eigenvalue weighted by molar-refractivity contribution is 6.04. The first-order valence-corrected chi connectivity index (χ1v) is 9.59. The van der Waals surface area contributed by atoms with Gasteiger partial charge < -0.3 is 21.4 Å². The van der Waals surface area contributed by atoms with E-state index in [-0.39, 0.29) is 49.3 Å². The van der Waals surface area contributed by atoms with Crippen molar-refractivity contribution in [3.05, 3.63) is 34.9 Å². The van der Waals surface area contributed by atoms with Crippen LogP contribution in [0.1, 0.15) is 58.4 Å². The topological polar surface area (TPSA) is 182 Å². The molecule has 2 amide bonds. The zero-order valence-electron chi connectivity index (χ0n) is 17.0. The number of carboxylic acid groups (broad SMARTS) is 1. The largest absolute Gasteiger partial charge is 0.481 e. The van der Waals surface area contributed by atoms with Crippen molar-refractivity contribution in [1.82, 2.24) is 5.06 Å². The third kappa shape index (κ3) is 6.63. The summed E-state index contributed by atoms with van der Waals surface area (Å²) in [6.45, 7) is 1.89. The third-order valence-electron chi connectivity index (χ3n) is 4.60. The molecule has 1 heterocycles. The van der Waals surface area contributed by atoms with E-state index in [4.69, 9.17) is 16.3 Å². The van der Waals surface area contributed by atoms with Crippen LogP contribution < -0.4 is 11.5 Å². The molecule has 11 nitrogen and oxygen atoms in total. The monoisotopic (exact) mass is 432 g/mol. The van der Waals surface area contributed by atoms with Crippen molar-refractivity contribution in [2.75, 3.05) is 6.54 Å². The van der Waals surface area contributed by atoms with Gasteiger partial charge in [0.15, 0.2) is 11.7 Å². The maximum atomic E-state index is 12.7. The van der Waals surface area contributed by atoms with Gasteiger partial charge in [0.2, 0.25) is 0 Å². The first-order valence-electron chi connectivity index (χ1n) is 9.59. The molecule has 1 fully saturated rings. The first-order chi connectivity index (χ1) is 14.6. The smallest absolute Gasteiger partial charge is 0.363 e. The number of hydrogen-bond donors (Lipinski definition) is 3. The van der Waals surface area contributed by atoms with Crippen molar-refractivity contribution in [3.63, 3.8) is 0 Å². The van der Waals surface area contributed by atoms with Crippen LogP contribution in [0.4, 0.5) is 0 Å². The molecule has 0 saturated carbocycles. The van der Waals surface area contributed by atoms with Crippen LogP contribution in [0.2, 0.25) is 0 Å². The maximum Gasteiger partial charge on any atom is 0.363 e. The van der Waals surface area contributed by atoms with Crippen molar-refractivity contribution in [3.8, 4) is 0 Å². The molecule has 1 saturated heterocycles. The number of aryl methyl sites for hydroxylation is 1. The molecule has 5 N–H and O–H groups in total. The Balaban J connectivity index is 2.10. The quantitative estimate of drug-likeness (QED) is 0.156. The van der Waals surface area contributed by atoms with Gasteiger partial charge in [-0.25, -0.2) is 4.79 Å². The molecule has 1 aromatic carbocycles. The SMILES string of the molecule is Cc1cc(C(=O)C[C@@H](CCCN=C(N)N)C(=O)O)cc(C(=O)ON2C(=O)CCC2=O)c1. The minimum absolute atomic E-state index is 0.0320. The highest BCUT2D eigenvalue weighted by Crippen LogP contribution is 2.20. The Kier molecular flexibility index (Phi) is 7.83. The van der Waals surface area contributed by atoms with Gasteiger partial charge in [0.25, 0.3) is 11.8 Å². The molecule has 1 atom stereocenters. The summed E-state index contributed by atoms with van der Waals surface area (Å²) in [7, 11) is 0. The number of hydroxylamine groups is 2. The minimum atomic E-state index is -1.13. The van der Waals surface area contributed by atoms with Crippen LogP contribution in [-0.4, -0.2) is 52.2 Å². The predicted molar refractivity (Wildman–Crippen MR) is 108 cm³/mol. The summed E-state index contributed by atoms with van der Waals surface area (Å²) in [6, 6.07) is 4.21.